The average Bonchev–Trinajstić information content (AvgIpc) is 2.66. The van der Waals surface area contributed by atoms with Crippen LogP contribution in [0, 0.1) is 0 Å². The van der Waals surface area contributed by atoms with Crippen LogP contribution in [0.4, 0.5) is 0 Å². The van der Waals surface area contributed by atoms with E-state index in [2.05, 4.69) is 73.8 Å². The molecule has 0 aromatic carbocycles. The molecule has 3 heteroatoms. The molecule has 1 atom stereocenters. The fourth-order valence-electron chi connectivity index (χ4n) is 2.17. The number of rotatable bonds is 17. The highest BCUT2D eigenvalue weighted by atomic mass is 16.6. The normalized spacial score (nSPS) is 14.5. The van der Waals surface area contributed by atoms with E-state index >= 15 is 0 Å². The number of aliphatic hydroxyl groups excluding tert-OH is 1. The first-order chi connectivity index (χ1) is 13.7. The van der Waals surface area contributed by atoms with E-state index in [1.54, 1.807) is 0 Å². The molecule has 0 aliphatic rings. The van der Waals surface area contributed by atoms with Crippen molar-refractivity contribution in [1.82, 2.24) is 4.90 Å². The third kappa shape index (κ3) is 22.4. The molecule has 0 heterocycles. The number of hydrogen-bond donors (Lipinski definition) is 1. The molecule has 0 aliphatic carbocycles. The van der Waals surface area contributed by atoms with Gasteiger partial charge in [-0.3, -0.25) is 0 Å². The minimum atomic E-state index is -0.704. The van der Waals surface area contributed by atoms with E-state index in [-0.39, 0.29) is 0 Å². The van der Waals surface area contributed by atoms with Gasteiger partial charge in [0, 0.05) is 13.0 Å². The fourth-order valence-corrected chi connectivity index (χ4v) is 2.17. The molecule has 0 aromatic heterocycles. The number of hydrogen-bond acceptors (Lipinski definition) is 3. The molecule has 0 rings (SSSR count). The van der Waals surface area contributed by atoms with Crippen LogP contribution in [0.2, 0.25) is 0 Å². The van der Waals surface area contributed by atoms with Gasteiger partial charge in [0.25, 0.3) is 0 Å². The van der Waals surface area contributed by atoms with Crippen LogP contribution < -0.4 is 0 Å². The summed E-state index contributed by atoms with van der Waals surface area (Å²) in [5, 5.41) is 9.67. The van der Waals surface area contributed by atoms with Crippen molar-refractivity contribution in [2.75, 3.05) is 27.2 Å². The topological polar surface area (TPSA) is 32.7 Å². The Bertz CT molecular complexity index is 499. The summed E-state index contributed by atoms with van der Waals surface area (Å²) in [6.07, 6.45) is 31.8. The smallest absolute Gasteiger partial charge is 0.158 e. The maximum Gasteiger partial charge on any atom is 0.158 e. The second kappa shape index (κ2) is 21.6. The van der Waals surface area contributed by atoms with Gasteiger partial charge < -0.3 is 14.7 Å². The van der Waals surface area contributed by atoms with Gasteiger partial charge in [-0.05, 0) is 52.6 Å². The van der Waals surface area contributed by atoms with E-state index in [0.717, 1.165) is 45.1 Å². The number of likely N-dealkylation sites (N-methyl/N-ethyl adjacent to an activating group) is 1. The molecule has 0 bridgehead atoms. The maximum atomic E-state index is 9.67. The first-order valence-electron chi connectivity index (χ1n) is 10.5. The van der Waals surface area contributed by atoms with Gasteiger partial charge in [-0.25, -0.2) is 0 Å². The Labute approximate surface area is 173 Å². The molecule has 0 saturated carbocycles. The van der Waals surface area contributed by atoms with Crippen molar-refractivity contribution in [2.24, 2.45) is 0 Å². The van der Waals surface area contributed by atoms with Gasteiger partial charge in [0.05, 0.1) is 6.61 Å². The zero-order valence-electron chi connectivity index (χ0n) is 18.2. The van der Waals surface area contributed by atoms with E-state index in [1.807, 2.05) is 25.1 Å². The molecule has 3 nitrogen and oxygen atoms in total. The maximum absolute atomic E-state index is 9.67. The highest BCUT2D eigenvalue weighted by molar-refractivity contribution is 5.01. The highest BCUT2D eigenvalue weighted by Crippen LogP contribution is 1.99. The van der Waals surface area contributed by atoms with Crippen LogP contribution in [0.1, 0.15) is 51.9 Å². The van der Waals surface area contributed by atoms with Gasteiger partial charge in [-0.2, -0.15) is 0 Å². The van der Waals surface area contributed by atoms with Crippen LogP contribution in [0.25, 0.3) is 0 Å². The Morgan fingerprint density at radius 2 is 1.07 bits per heavy atom. The minimum absolute atomic E-state index is 0.540. The monoisotopic (exact) mass is 387 g/mol. The summed E-state index contributed by atoms with van der Waals surface area (Å²) in [5.74, 6) is 0. The Balaban J connectivity index is 3.57. The van der Waals surface area contributed by atoms with Gasteiger partial charge in [0.2, 0.25) is 0 Å². The minimum Gasteiger partial charge on any atom is -0.368 e. The van der Waals surface area contributed by atoms with Gasteiger partial charge in [-0.1, -0.05) is 79.8 Å². The third-order valence-electron chi connectivity index (χ3n) is 3.78. The van der Waals surface area contributed by atoms with E-state index in [1.165, 1.54) is 0 Å². The predicted octanol–water partition coefficient (Wildman–Crippen LogP) is 5.97. The summed E-state index contributed by atoms with van der Waals surface area (Å²) in [6.45, 7) is 3.53. The van der Waals surface area contributed by atoms with E-state index in [9.17, 15) is 5.11 Å². The fraction of sp³-hybridized carbons (Fsp3) is 0.520. The molecule has 0 aliphatic heterocycles. The van der Waals surface area contributed by atoms with Gasteiger partial charge in [0.15, 0.2) is 6.29 Å². The zero-order valence-corrected chi connectivity index (χ0v) is 18.2. The Morgan fingerprint density at radius 1 is 0.679 bits per heavy atom. The number of aliphatic hydroxyl groups is 1. The lowest BCUT2D eigenvalue weighted by Gasteiger charge is -2.13. The first-order valence-corrected chi connectivity index (χ1v) is 10.5. The molecule has 0 amide bonds. The molecular formula is C25H41NO2. The van der Waals surface area contributed by atoms with Gasteiger partial charge >= 0.3 is 0 Å². The van der Waals surface area contributed by atoms with Crippen molar-refractivity contribution in [3.05, 3.63) is 72.9 Å². The number of nitrogens with zero attached hydrogens (tertiary/aromatic N) is 1. The average molecular weight is 388 g/mol. The Hall–Kier alpha value is -1.68. The van der Waals surface area contributed by atoms with E-state index in [0.29, 0.717) is 13.0 Å². The SMILES string of the molecule is CC/C=C\C/C=C\C/C=C\C/C=C\C/C=C\C/C=C\CC(O)OCCN(C)C. The lowest BCUT2D eigenvalue weighted by molar-refractivity contribution is -0.0980. The number of ether oxygens (including phenoxy) is 1. The van der Waals surface area contributed by atoms with Crippen molar-refractivity contribution < 1.29 is 9.84 Å². The van der Waals surface area contributed by atoms with Crippen LogP contribution in [-0.2, 0) is 4.74 Å². The van der Waals surface area contributed by atoms with Crippen LogP contribution in [0.5, 0.6) is 0 Å². The van der Waals surface area contributed by atoms with Gasteiger partial charge in [-0.15, -0.1) is 0 Å². The van der Waals surface area contributed by atoms with Crippen molar-refractivity contribution in [3.8, 4) is 0 Å². The summed E-state index contributed by atoms with van der Waals surface area (Å²) >= 11 is 0. The predicted molar refractivity (Wildman–Crippen MR) is 123 cm³/mol. The summed E-state index contributed by atoms with van der Waals surface area (Å²) in [4.78, 5) is 2.03. The van der Waals surface area contributed by atoms with Gasteiger partial charge in [0.1, 0.15) is 0 Å². The third-order valence-corrected chi connectivity index (χ3v) is 3.78. The second-order valence-corrected chi connectivity index (χ2v) is 6.78. The largest absolute Gasteiger partial charge is 0.368 e. The molecule has 0 spiro atoms. The Kier molecular flexibility index (Phi) is 20.3. The van der Waals surface area contributed by atoms with Crippen LogP contribution >= 0.6 is 0 Å². The van der Waals surface area contributed by atoms with Crippen LogP contribution in [0.15, 0.2) is 72.9 Å². The molecule has 28 heavy (non-hydrogen) atoms. The molecule has 1 N–H and O–H groups in total. The summed E-state index contributed by atoms with van der Waals surface area (Å²) in [5.41, 5.74) is 0. The van der Waals surface area contributed by atoms with Crippen molar-refractivity contribution >= 4 is 0 Å². The molecule has 1 unspecified atom stereocenters. The highest BCUT2D eigenvalue weighted by Gasteiger charge is 2.00. The van der Waals surface area contributed by atoms with Crippen molar-refractivity contribution in [2.45, 2.75) is 58.2 Å². The second-order valence-electron chi connectivity index (χ2n) is 6.78. The first kappa shape index (κ1) is 26.3. The molecule has 0 aromatic rings. The van der Waals surface area contributed by atoms with Crippen molar-refractivity contribution in [3.63, 3.8) is 0 Å². The quantitative estimate of drug-likeness (QED) is 0.246. The zero-order chi connectivity index (χ0) is 20.7. The number of allylic oxidation sites excluding steroid dienone is 11. The van der Waals surface area contributed by atoms with Crippen LogP contribution in [-0.4, -0.2) is 43.5 Å². The standard InChI is InChI=1S/C25H41NO2/c1-4-5-6-7-8-9-10-11-12-13-14-15-16-17-18-19-20-21-22-25(27)28-24-23-26(2)3/h5-6,8-9,11-12,14-15,17-18,20-21,25,27H,4,7,10,13,16,19,22-24H2,1-3H3/b6-5-,9-8-,12-11-,15-14-,18-17-,21-20-. The molecule has 0 radical (unpaired) electrons. The van der Waals surface area contributed by atoms with Crippen molar-refractivity contribution in [1.29, 1.82) is 0 Å². The Morgan fingerprint density at radius 3 is 1.46 bits per heavy atom. The lowest BCUT2D eigenvalue weighted by atomic mass is 10.2. The molecule has 0 saturated heterocycles. The summed E-state index contributed by atoms with van der Waals surface area (Å²) in [6, 6.07) is 0. The van der Waals surface area contributed by atoms with Crippen LogP contribution in [0.3, 0.4) is 0 Å². The summed E-state index contributed by atoms with van der Waals surface area (Å²) < 4.78 is 5.31. The van der Waals surface area contributed by atoms with E-state index < -0.39 is 6.29 Å². The summed E-state index contributed by atoms with van der Waals surface area (Å²) in [7, 11) is 3.97. The molecule has 158 valence electrons. The molecular weight excluding hydrogens is 346 g/mol. The lowest BCUT2D eigenvalue weighted by Crippen LogP contribution is -2.21. The molecule has 0 fully saturated rings. The van der Waals surface area contributed by atoms with E-state index in [4.69, 9.17) is 4.74 Å².